The molecular formula is C25H21N5O4. The van der Waals surface area contributed by atoms with E-state index in [0.717, 1.165) is 5.56 Å². The molecule has 5 aromatic rings. The van der Waals surface area contributed by atoms with Crippen molar-refractivity contribution in [2.24, 2.45) is 0 Å². The molecule has 0 amide bonds. The maximum absolute atomic E-state index is 13.2. The first-order valence-electron chi connectivity index (χ1n) is 10.5. The average molecular weight is 455 g/mol. The number of ketones is 1. The lowest BCUT2D eigenvalue weighted by Gasteiger charge is -2.11. The van der Waals surface area contributed by atoms with Crippen LogP contribution in [0, 0.1) is 0 Å². The second-order valence-corrected chi connectivity index (χ2v) is 7.38. The Bertz CT molecular complexity index is 1450. The molecule has 34 heavy (non-hydrogen) atoms. The number of hydrogen-bond acceptors (Lipinski definition) is 8. The van der Waals surface area contributed by atoms with E-state index in [2.05, 4.69) is 20.4 Å². The van der Waals surface area contributed by atoms with Crippen molar-refractivity contribution in [2.75, 3.05) is 19.5 Å². The van der Waals surface area contributed by atoms with Gasteiger partial charge in [-0.15, -0.1) is 5.10 Å². The summed E-state index contributed by atoms with van der Waals surface area (Å²) >= 11 is 0. The fraction of sp³-hybridized carbons (Fsp3) is 0.120. The van der Waals surface area contributed by atoms with E-state index in [9.17, 15) is 4.79 Å². The van der Waals surface area contributed by atoms with Crippen LogP contribution in [0.1, 0.15) is 21.5 Å². The second kappa shape index (κ2) is 9.07. The molecule has 1 N–H and O–H groups in total. The van der Waals surface area contributed by atoms with Crippen molar-refractivity contribution >= 4 is 17.4 Å². The van der Waals surface area contributed by atoms with Crippen molar-refractivity contribution in [3.63, 3.8) is 0 Å². The van der Waals surface area contributed by atoms with Crippen LogP contribution in [0.4, 0.5) is 5.95 Å². The number of fused-ring (bicyclic) bond motifs is 1. The Labute approximate surface area is 195 Å². The number of carbonyl (C=O) groups is 1. The maximum atomic E-state index is 13.2. The normalized spacial score (nSPS) is 10.9. The van der Waals surface area contributed by atoms with Crippen molar-refractivity contribution in [1.82, 2.24) is 19.6 Å². The van der Waals surface area contributed by atoms with Gasteiger partial charge in [-0.25, -0.2) is 9.97 Å². The van der Waals surface area contributed by atoms with E-state index in [1.807, 2.05) is 36.4 Å². The summed E-state index contributed by atoms with van der Waals surface area (Å²) in [4.78, 5) is 22.3. The highest BCUT2D eigenvalue weighted by atomic mass is 16.5. The zero-order chi connectivity index (χ0) is 23.5. The highest BCUT2D eigenvalue weighted by Crippen LogP contribution is 2.28. The van der Waals surface area contributed by atoms with Gasteiger partial charge in [0.1, 0.15) is 0 Å². The van der Waals surface area contributed by atoms with Gasteiger partial charge in [0.25, 0.3) is 0 Å². The van der Waals surface area contributed by atoms with E-state index in [4.69, 9.17) is 13.9 Å². The molecule has 0 aliphatic carbocycles. The summed E-state index contributed by atoms with van der Waals surface area (Å²) in [6, 6.07) is 18.2. The number of hydrogen-bond donors (Lipinski definition) is 1. The number of carbonyl (C=O) groups excluding carboxylic acids is 1. The third-order valence-corrected chi connectivity index (χ3v) is 5.29. The minimum atomic E-state index is -0.192. The summed E-state index contributed by atoms with van der Waals surface area (Å²) in [5.74, 6) is 2.36. The molecule has 0 spiro atoms. The third kappa shape index (κ3) is 3.95. The summed E-state index contributed by atoms with van der Waals surface area (Å²) in [6.07, 6.45) is 3.06. The number of anilines is 1. The minimum absolute atomic E-state index is 0.192. The van der Waals surface area contributed by atoms with Gasteiger partial charge in [-0.05, 0) is 29.8 Å². The van der Waals surface area contributed by atoms with Crippen LogP contribution < -0.4 is 14.8 Å². The second-order valence-electron chi connectivity index (χ2n) is 7.38. The molecule has 3 heterocycles. The molecule has 5 rings (SSSR count). The molecule has 9 nitrogen and oxygen atoms in total. The molecule has 0 bridgehead atoms. The van der Waals surface area contributed by atoms with E-state index >= 15 is 0 Å². The lowest BCUT2D eigenvalue weighted by atomic mass is 10.1. The van der Waals surface area contributed by atoms with Crippen molar-refractivity contribution in [2.45, 2.75) is 6.54 Å². The van der Waals surface area contributed by atoms with Gasteiger partial charge in [-0.3, -0.25) is 4.79 Å². The van der Waals surface area contributed by atoms with E-state index in [1.54, 1.807) is 44.7 Å². The molecular weight excluding hydrogens is 434 g/mol. The number of methoxy groups -OCH3 is 2. The first kappa shape index (κ1) is 21.2. The Morgan fingerprint density at radius 1 is 1.03 bits per heavy atom. The van der Waals surface area contributed by atoms with E-state index in [-0.39, 0.29) is 5.78 Å². The Kier molecular flexibility index (Phi) is 5.65. The van der Waals surface area contributed by atoms with Gasteiger partial charge < -0.3 is 19.2 Å². The number of ether oxygens (including phenoxy) is 2. The predicted molar refractivity (Wildman–Crippen MR) is 125 cm³/mol. The van der Waals surface area contributed by atoms with Crippen LogP contribution in [0.15, 0.2) is 77.5 Å². The lowest BCUT2D eigenvalue weighted by molar-refractivity contribution is 0.103. The van der Waals surface area contributed by atoms with Crippen LogP contribution in [0.5, 0.6) is 11.5 Å². The molecule has 0 aliphatic heterocycles. The first-order chi connectivity index (χ1) is 16.7. The number of nitrogens with one attached hydrogen (secondary N) is 1. The molecule has 0 saturated carbocycles. The van der Waals surface area contributed by atoms with Gasteiger partial charge in [0.2, 0.25) is 11.8 Å². The summed E-state index contributed by atoms with van der Waals surface area (Å²) < 4.78 is 17.7. The molecule has 3 aromatic heterocycles. The SMILES string of the molecule is COc1ccc(CNc2ncc(C(=O)c3ccccc3)c3nc(-c4ccco4)nn23)cc1OC. The van der Waals surface area contributed by atoms with Crippen molar-refractivity contribution in [3.05, 3.63) is 89.8 Å². The van der Waals surface area contributed by atoms with Crippen LogP contribution in [0.3, 0.4) is 0 Å². The Balaban J connectivity index is 1.53. The Hall–Kier alpha value is -4.66. The number of nitrogens with zero attached hydrogens (tertiary/aromatic N) is 4. The van der Waals surface area contributed by atoms with Crippen LogP contribution in [-0.4, -0.2) is 39.6 Å². The van der Waals surface area contributed by atoms with Gasteiger partial charge in [-0.1, -0.05) is 36.4 Å². The number of furan rings is 1. The van der Waals surface area contributed by atoms with Gasteiger partial charge in [-0.2, -0.15) is 4.52 Å². The highest BCUT2D eigenvalue weighted by molar-refractivity contribution is 6.12. The Morgan fingerprint density at radius 3 is 2.59 bits per heavy atom. The zero-order valence-electron chi connectivity index (χ0n) is 18.6. The fourth-order valence-electron chi connectivity index (χ4n) is 3.58. The molecule has 0 atom stereocenters. The van der Waals surface area contributed by atoms with Crippen molar-refractivity contribution in [3.8, 4) is 23.1 Å². The lowest BCUT2D eigenvalue weighted by Crippen LogP contribution is -2.11. The zero-order valence-corrected chi connectivity index (χ0v) is 18.6. The quantitative estimate of drug-likeness (QED) is 0.347. The van der Waals surface area contributed by atoms with E-state index in [0.29, 0.717) is 52.4 Å². The van der Waals surface area contributed by atoms with Gasteiger partial charge in [0.15, 0.2) is 28.7 Å². The molecule has 170 valence electrons. The summed E-state index contributed by atoms with van der Waals surface area (Å²) in [5, 5.41) is 7.82. The first-order valence-corrected chi connectivity index (χ1v) is 10.5. The van der Waals surface area contributed by atoms with E-state index in [1.165, 1.54) is 10.7 Å². The van der Waals surface area contributed by atoms with Crippen LogP contribution >= 0.6 is 0 Å². The number of rotatable bonds is 8. The summed E-state index contributed by atoms with van der Waals surface area (Å²) in [7, 11) is 3.18. The monoisotopic (exact) mass is 455 g/mol. The standard InChI is InChI=1S/C25H21N5O4/c1-32-19-11-10-16(13-21(19)33-2)14-26-25-27-15-18(22(31)17-7-4-3-5-8-17)24-28-23(29-30(24)25)20-9-6-12-34-20/h3-13,15H,14H2,1-2H3,(H,26,27). The summed E-state index contributed by atoms with van der Waals surface area (Å²) in [5.41, 5.74) is 2.21. The largest absolute Gasteiger partial charge is 0.493 e. The van der Waals surface area contributed by atoms with E-state index < -0.39 is 0 Å². The Morgan fingerprint density at radius 2 is 1.85 bits per heavy atom. The predicted octanol–water partition coefficient (Wildman–Crippen LogP) is 4.24. The molecule has 0 radical (unpaired) electrons. The number of aromatic nitrogens is 4. The average Bonchev–Trinajstić information content (AvgIpc) is 3.57. The number of benzene rings is 2. The topological polar surface area (TPSA) is 104 Å². The molecule has 0 fully saturated rings. The molecule has 0 saturated heterocycles. The van der Waals surface area contributed by atoms with Crippen molar-refractivity contribution < 1.29 is 18.7 Å². The van der Waals surface area contributed by atoms with Crippen molar-refractivity contribution in [1.29, 1.82) is 0 Å². The van der Waals surface area contributed by atoms with Crippen LogP contribution in [-0.2, 0) is 6.54 Å². The third-order valence-electron chi connectivity index (χ3n) is 5.29. The van der Waals surface area contributed by atoms with Crippen LogP contribution in [0.25, 0.3) is 17.2 Å². The summed E-state index contributed by atoms with van der Waals surface area (Å²) in [6.45, 7) is 0.435. The van der Waals surface area contributed by atoms with Gasteiger partial charge in [0.05, 0.1) is 26.0 Å². The molecule has 9 heteroatoms. The minimum Gasteiger partial charge on any atom is -0.493 e. The fourth-order valence-corrected chi connectivity index (χ4v) is 3.58. The maximum Gasteiger partial charge on any atom is 0.226 e. The highest BCUT2D eigenvalue weighted by Gasteiger charge is 2.20. The molecule has 0 unspecified atom stereocenters. The van der Waals surface area contributed by atoms with Crippen LogP contribution in [0.2, 0.25) is 0 Å². The molecule has 2 aromatic carbocycles. The van der Waals surface area contributed by atoms with Gasteiger partial charge >= 0.3 is 0 Å². The smallest absolute Gasteiger partial charge is 0.226 e. The van der Waals surface area contributed by atoms with Gasteiger partial charge in [0, 0.05) is 18.3 Å². The molecule has 0 aliphatic rings.